The smallest absolute Gasteiger partial charge is 0.238 e. The first kappa shape index (κ1) is 13.6. The van der Waals surface area contributed by atoms with E-state index >= 15 is 0 Å². The molecule has 2 aliphatic heterocycles. The number of thioether (sulfide) groups is 1. The minimum atomic E-state index is -0.472. The molecule has 4 heteroatoms. The number of benzene rings is 1. The Morgan fingerprint density at radius 1 is 1.18 bits per heavy atom. The van der Waals surface area contributed by atoms with Gasteiger partial charge in [-0.15, -0.1) is 11.8 Å². The van der Waals surface area contributed by atoms with E-state index in [1.54, 1.807) is 16.7 Å². The van der Waals surface area contributed by atoms with Crippen LogP contribution in [0.1, 0.15) is 18.2 Å². The summed E-state index contributed by atoms with van der Waals surface area (Å²) in [5.74, 6) is 0.936. The quantitative estimate of drug-likeness (QED) is 0.806. The summed E-state index contributed by atoms with van der Waals surface area (Å²) >= 11 is 1.74. The number of amides is 1. The van der Waals surface area contributed by atoms with Gasteiger partial charge in [0.25, 0.3) is 0 Å². The first-order chi connectivity index (χ1) is 10.6. The molecule has 1 aromatic carbocycles. The number of fused-ring (bicyclic) bond motifs is 3. The molecule has 1 aromatic heterocycles. The van der Waals surface area contributed by atoms with Gasteiger partial charge in [-0.3, -0.25) is 9.78 Å². The molecule has 0 saturated carbocycles. The molecule has 110 valence electrons. The fourth-order valence-corrected chi connectivity index (χ4v) is 4.80. The number of hydrogen-bond acceptors (Lipinski definition) is 3. The van der Waals surface area contributed by atoms with Gasteiger partial charge in [-0.25, -0.2) is 0 Å². The van der Waals surface area contributed by atoms with Crippen LogP contribution in [0.4, 0.5) is 5.69 Å². The van der Waals surface area contributed by atoms with Crippen LogP contribution in [0, 0.1) is 5.41 Å². The fourth-order valence-electron chi connectivity index (χ4n) is 3.36. The molecule has 0 fully saturated rings. The molecular formula is C18H16N2OS. The monoisotopic (exact) mass is 308 g/mol. The highest BCUT2D eigenvalue weighted by atomic mass is 32.2. The highest BCUT2D eigenvalue weighted by Crippen LogP contribution is 2.58. The van der Waals surface area contributed by atoms with Gasteiger partial charge < -0.3 is 4.90 Å². The van der Waals surface area contributed by atoms with E-state index in [4.69, 9.17) is 0 Å². The minimum Gasteiger partial charge on any atom is -0.314 e. The molecule has 0 radical (unpaired) electrons. The third-order valence-electron chi connectivity index (χ3n) is 4.49. The lowest BCUT2D eigenvalue weighted by Crippen LogP contribution is -2.45. The molecule has 2 aliphatic rings. The van der Waals surface area contributed by atoms with E-state index in [9.17, 15) is 4.79 Å². The Kier molecular flexibility index (Phi) is 2.91. The van der Waals surface area contributed by atoms with Crippen molar-refractivity contribution in [1.29, 1.82) is 0 Å². The summed E-state index contributed by atoms with van der Waals surface area (Å²) < 4.78 is 0. The van der Waals surface area contributed by atoms with Crippen LogP contribution < -0.4 is 4.90 Å². The average molecular weight is 308 g/mol. The molecule has 0 saturated heterocycles. The Labute approximate surface area is 134 Å². The van der Waals surface area contributed by atoms with Gasteiger partial charge in [0.05, 0.1) is 16.8 Å². The van der Waals surface area contributed by atoms with E-state index in [-0.39, 0.29) is 5.91 Å². The van der Waals surface area contributed by atoms with Crippen LogP contribution in [0.3, 0.4) is 0 Å². The second kappa shape index (κ2) is 4.71. The molecule has 0 aliphatic carbocycles. The number of pyridine rings is 1. The summed E-state index contributed by atoms with van der Waals surface area (Å²) in [7, 11) is 1.87. The number of rotatable bonds is 1. The van der Waals surface area contributed by atoms with E-state index in [0.717, 1.165) is 33.2 Å². The number of carbonyl (C=O) groups excluding carboxylic acids is 1. The van der Waals surface area contributed by atoms with Gasteiger partial charge in [0.1, 0.15) is 0 Å². The average Bonchev–Trinajstić information content (AvgIpc) is 2.93. The second-order valence-electron chi connectivity index (χ2n) is 5.92. The Morgan fingerprint density at radius 3 is 2.73 bits per heavy atom. The van der Waals surface area contributed by atoms with Crippen molar-refractivity contribution in [3.63, 3.8) is 0 Å². The second-order valence-corrected chi connectivity index (χ2v) is 6.91. The number of aromatic nitrogens is 1. The molecule has 3 heterocycles. The van der Waals surface area contributed by atoms with Gasteiger partial charge in [-0.2, -0.15) is 0 Å². The van der Waals surface area contributed by atoms with Crippen LogP contribution in [0.5, 0.6) is 0 Å². The van der Waals surface area contributed by atoms with Gasteiger partial charge >= 0.3 is 0 Å². The summed E-state index contributed by atoms with van der Waals surface area (Å²) in [6.07, 6.45) is 1.81. The summed E-state index contributed by atoms with van der Waals surface area (Å²) in [5, 5.41) is 0. The molecule has 0 spiro atoms. The number of anilines is 1. The van der Waals surface area contributed by atoms with Crippen LogP contribution in [0.15, 0.2) is 48.7 Å². The van der Waals surface area contributed by atoms with Crippen LogP contribution in [0.25, 0.3) is 10.5 Å². The van der Waals surface area contributed by atoms with Crippen molar-refractivity contribution in [3.8, 4) is 0 Å². The Balaban J connectivity index is 2.04. The van der Waals surface area contributed by atoms with E-state index < -0.39 is 5.41 Å². The zero-order chi connectivity index (χ0) is 15.3. The standard InChI is InChI=1S/C18H16N2OS/c1-18-11-22-16(13-8-5-6-10-19-13)15(18)12-7-3-4-9-14(12)20(2)17(18)21/h3-10H,11H2,1-2H3. The maximum atomic E-state index is 12.9. The van der Waals surface area contributed by atoms with Crippen LogP contribution in [0.2, 0.25) is 0 Å². The number of hydrogen-bond donors (Lipinski definition) is 0. The number of carbonyl (C=O) groups is 1. The first-order valence-electron chi connectivity index (χ1n) is 7.29. The Hall–Kier alpha value is -2.07. The first-order valence-corrected chi connectivity index (χ1v) is 8.28. The third kappa shape index (κ3) is 1.70. The van der Waals surface area contributed by atoms with Gasteiger partial charge in [0.15, 0.2) is 0 Å². The van der Waals surface area contributed by atoms with Crippen LogP contribution >= 0.6 is 11.8 Å². The van der Waals surface area contributed by atoms with Crippen molar-refractivity contribution >= 4 is 33.8 Å². The molecule has 0 bridgehead atoms. The predicted molar refractivity (Wildman–Crippen MR) is 91.5 cm³/mol. The molecule has 1 unspecified atom stereocenters. The van der Waals surface area contributed by atoms with E-state index in [1.807, 2.05) is 49.6 Å². The maximum absolute atomic E-state index is 12.9. The molecule has 1 amide bonds. The normalized spacial score (nSPS) is 23.5. The summed E-state index contributed by atoms with van der Waals surface area (Å²) in [6, 6.07) is 14.1. The summed E-state index contributed by atoms with van der Waals surface area (Å²) in [5.41, 5.74) is 3.75. The fraction of sp³-hybridized carbons (Fsp3) is 0.222. The lowest BCUT2D eigenvalue weighted by Gasteiger charge is -2.38. The summed E-state index contributed by atoms with van der Waals surface area (Å²) in [6.45, 7) is 2.06. The molecule has 3 nitrogen and oxygen atoms in total. The molecule has 1 atom stereocenters. The minimum absolute atomic E-state index is 0.166. The van der Waals surface area contributed by atoms with E-state index in [2.05, 4.69) is 18.0 Å². The Bertz CT molecular complexity index is 800. The van der Waals surface area contributed by atoms with Crippen molar-refractivity contribution in [2.24, 2.45) is 5.41 Å². The van der Waals surface area contributed by atoms with E-state index in [0.29, 0.717) is 0 Å². The third-order valence-corrected chi connectivity index (χ3v) is 5.92. The zero-order valence-corrected chi connectivity index (χ0v) is 13.4. The largest absolute Gasteiger partial charge is 0.314 e. The number of para-hydroxylation sites is 1. The molecule has 22 heavy (non-hydrogen) atoms. The van der Waals surface area contributed by atoms with Crippen molar-refractivity contribution in [2.75, 3.05) is 17.7 Å². The molecule has 4 rings (SSSR count). The lowest BCUT2D eigenvalue weighted by atomic mass is 9.75. The lowest BCUT2D eigenvalue weighted by molar-refractivity contribution is -0.123. The molecule has 0 N–H and O–H groups in total. The van der Waals surface area contributed by atoms with Gasteiger partial charge in [-0.1, -0.05) is 24.3 Å². The van der Waals surface area contributed by atoms with Crippen molar-refractivity contribution < 1.29 is 4.79 Å². The SMILES string of the molecule is CN1C(=O)C2(C)CSC(c3ccccn3)=C2c2ccccc21. The zero-order valence-electron chi connectivity index (χ0n) is 12.5. The highest BCUT2D eigenvalue weighted by Gasteiger charge is 2.50. The van der Waals surface area contributed by atoms with Crippen molar-refractivity contribution in [3.05, 3.63) is 59.9 Å². The highest BCUT2D eigenvalue weighted by molar-refractivity contribution is 8.09. The van der Waals surface area contributed by atoms with Crippen LogP contribution in [-0.4, -0.2) is 23.7 Å². The predicted octanol–water partition coefficient (Wildman–Crippen LogP) is 3.68. The van der Waals surface area contributed by atoms with Crippen molar-refractivity contribution in [1.82, 2.24) is 4.98 Å². The topological polar surface area (TPSA) is 33.2 Å². The van der Waals surface area contributed by atoms with Gasteiger partial charge in [0.2, 0.25) is 5.91 Å². The van der Waals surface area contributed by atoms with Crippen LogP contribution in [-0.2, 0) is 4.79 Å². The maximum Gasteiger partial charge on any atom is 0.238 e. The van der Waals surface area contributed by atoms with Crippen molar-refractivity contribution in [2.45, 2.75) is 6.92 Å². The number of nitrogens with zero attached hydrogens (tertiary/aromatic N) is 2. The molecular weight excluding hydrogens is 292 g/mol. The van der Waals surface area contributed by atoms with Gasteiger partial charge in [0, 0.05) is 29.5 Å². The molecule has 2 aromatic rings. The van der Waals surface area contributed by atoms with E-state index in [1.165, 1.54) is 0 Å². The summed E-state index contributed by atoms with van der Waals surface area (Å²) in [4.78, 5) is 20.4. The Morgan fingerprint density at radius 2 is 1.95 bits per heavy atom. The van der Waals surface area contributed by atoms with Gasteiger partial charge in [-0.05, 0) is 30.7 Å².